The van der Waals surface area contributed by atoms with Gasteiger partial charge in [0.2, 0.25) is 0 Å². The van der Waals surface area contributed by atoms with Gasteiger partial charge in [-0.3, -0.25) is 9.59 Å². The fraction of sp³-hybridized carbons (Fsp3) is 0.300. The smallest absolute Gasteiger partial charge is 0.324 e. The van der Waals surface area contributed by atoms with E-state index in [9.17, 15) is 19.8 Å². The zero-order chi connectivity index (χ0) is 20.6. The van der Waals surface area contributed by atoms with Crippen LogP contribution in [-0.4, -0.2) is 44.7 Å². The van der Waals surface area contributed by atoms with Gasteiger partial charge in [-0.2, -0.15) is 0 Å². The molecule has 0 spiro atoms. The molecule has 6 N–H and O–H groups in total. The van der Waals surface area contributed by atoms with E-state index in [1.807, 2.05) is 60.7 Å². The van der Waals surface area contributed by atoms with E-state index in [2.05, 4.69) is 0 Å². The van der Waals surface area contributed by atoms with Crippen LogP contribution in [0.25, 0.3) is 0 Å². The quantitative estimate of drug-likeness (QED) is 0.322. The van der Waals surface area contributed by atoms with Gasteiger partial charge >= 0.3 is 11.9 Å². The van der Waals surface area contributed by atoms with Crippen LogP contribution in [0.15, 0.2) is 60.7 Å². The molecule has 0 unspecified atom stereocenters. The summed E-state index contributed by atoms with van der Waals surface area (Å²) in [4.78, 5) is 23.4. The highest BCUT2D eigenvalue weighted by Crippen LogP contribution is 2.30. The Morgan fingerprint density at radius 2 is 1.04 bits per heavy atom. The number of nitrogens with two attached hydrogens (primary N) is 2. The number of hydrogen-bond acceptors (Lipinski definition) is 6. The Bertz CT molecular complexity index is 724. The van der Waals surface area contributed by atoms with Gasteiger partial charge in [-0.05, 0) is 11.1 Å². The van der Waals surface area contributed by atoms with Crippen LogP contribution in [0, 0.1) is 0 Å². The van der Waals surface area contributed by atoms with Gasteiger partial charge in [-0.1, -0.05) is 82.3 Å². The van der Waals surface area contributed by atoms with Crippen molar-refractivity contribution in [2.45, 2.75) is 23.9 Å². The van der Waals surface area contributed by atoms with Crippen LogP contribution in [0.1, 0.15) is 11.1 Å². The summed E-state index contributed by atoms with van der Waals surface area (Å²) in [7, 11) is 2.46. The molecule has 2 rings (SSSR count). The van der Waals surface area contributed by atoms with Gasteiger partial charge in [-0.15, -0.1) is 0 Å². The Morgan fingerprint density at radius 3 is 1.32 bits per heavy atom. The van der Waals surface area contributed by atoms with Crippen molar-refractivity contribution in [1.29, 1.82) is 0 Å². The third kappa shape index (κ3) is 6.27. The highest BCUT2D eigenvalue weighted by molar-refractivity contribution is 8.76. The van der Waals surface area contributed by atoms with Crippen LogP contribution in [0.4, 0.5) is 0 Å². The molecule has 0 saturated heterocycles. The lowest BCUT2D eigenvalue weighted by Crippen LogP contribution is -2.53. The second kappa shape index (κ2) is 9.97. The molecule has 6 nitrogen and oxygen atoms in total. The number of rotatable bonds is 11. The summed E-state index contributed by atoms with van der Waals surface area (Å²) in [6.07, 6.45) is 0.376. The van der Waals surface area contributed by atoms with Crippen LogP contribution in [-0.2, 0) is 22.4 Å². The summed E-state index contributed by atoms with van der Waals surface area (Å²) in [5.41, 5.74) is 11.0. The molecule has 0 aromatic heterocycles. The topological polar surface area (TPSA) is 127 Å². The van der Waals surface area contributed by atoms with Crippen molar-refractivity contribution in [3.05, 3.63) is 71.8 Å². The lowest BCUT2D eigenvalue weighted by molar-refractivity contribution is -0.143. The van der Waals surface area contributed by atoms with Crippen molar-refractivity contribution in [3.8, 4) is 0 Å². The normalized spacial score (nSPS) is 15.4. The van der Waals surface area contributed by atoms with Crippen molar-refractivity contribution < 1.29 is 19.8 Å². The van der Waals surface area contributed by atoms with E-state index in [0.717, 1.165) is 11.1 Å². The largest absolute Gasteiger partial charge is 0.480 e. The maximum Gasteiger partial charge on any atom is 0.324 e. The van der Waals surface area contributed by atoms with Crippen molar-refractivity contribution in [2.24, 2.45) is 11.5 Å². The van der Waals surface area contributed by atoms with E-state index in [1.165, 1.54) is 21.6 Å². The van der Waals surface area contributed by atoms with E-state index in [-0.39, 0.29) is 24.3 Å². The molecule has 150 valence electrons. The molecular weight excluding hydrogens is 396 g/mol. The molecule has 2 atom stereocenters. The lowest BCUT2D eigenvalue weighted by atomic mass is 9.94. The maximum atomic E-state index is 11.7. The Labute approximate surface area is 172 Å². The summed E-state index contributed by atoms with van der Waals surface area (Å²) < 4.78 is 0. The summed E-state index contributed by atoms with van der Waals surface area (Å²) in [5, 5.41) is 19.1. The first-order valence-electron chi connectivity index (χ1n) is 8.62. The van der Waals surface area contributed by atoms with Crippen LogP contribution >= 0.6 is 21.6 Å². The van der Waals surface area contributed by atoms with Crippen LogP contribution in [0.2, 0.25) is 0 Å². The Kier molecular flexibility index (Phi) is 7.94. The van der Waals surface area contributed by atoms with Crippen molar-refractivity contribution in [3.63, 3.8) is 0 Å². The molecule has 0 bridgehead atoms. The standard InChI is InChI=1S/C20H24N2O4S2/c21-19(17(23)24,11-15-7-3-1-4-8-15)13-27-28-14-20(22,18(25)26)12-16-9-5-2-6-10-16/h1-10H,11-14,21-22H2,(H,23,24)(H,25,26)/t19-,20-/m0/s1. The number of aliphatic carboxylic acids is 2. The van der Waals surface area contributed by atoms with Crippen LogP contribution in [0.5, 0.6) is 0 Å². The fourth-order valence-corrected chi connectivity index (χ4v) is 5.39. The van der Waals surface area contributed by atoms with E-state index in [4.69, 9.17) is 11.5 Å². The SMILES string of the molecule is N[C@](CSSC[C@@](N)(Cc1ccccc1)C(=O)O)(Cc1ccccc1)C(=O)O. The van der Waals surface area contributed by atoms with Gasteiger partial charge in [0, 0.05) is 24.3 Å². The monoisotopic (exact) mass is 420 g/mol. The Hall–Kier alpha value is -2.00. The zero-order valence-electron chi connectivity index (χ0n) is 15.3. The summed E-state index contributed by atoms with van der Waals surface area (Å²) >= 11 is 0. The minimum Gasteiger partial charge on any atom is -0.480 e. The molecule has 0 aliphatic rings. The van der Waals surface area contributed by atoms with Gasteiger partial charge in [-0.25, -0.2) is 0 Å². The summed E-state index contributed by atoms with van der Waals surface area (Å²) in [6.45, 7) is 0. The number of carboxylic acids is 2. The number of carbonyl (C=O) groups is 2. The number of benzene rings is 2. The van der Waals surface area contributed by atoms with Crippen LogP contribution in [0.3, 0.4) is 0 Å². The first kappa shape index (κ1) is 22.3. The molecule has 2 aromatic rings. The second-order valence-electron chi connectivity index (χ2n) is 6.77. The number of hydrogen-bond donors (Lipinski definition) is 4. The number of carboxylic acid groups (broad SMARTS) is 2. The average Bonchev–Trinajstić information content (AvgIpc) is 2.66. The minimum absolute atomic E-state index is 0.128. The molecule has 0 amide bonds. The molecule has 28 heavy (non-hydrogen) atoms. The molecule has 0 fully saturated rings. The minimum atomic E-state index is -1.45. The second-order valence-corrected chi connectivity index (χ2v) is 9.23. The lowest BCUT2D eigenvalue weighted by Gasteiger charge is -2.26. The average molecular weight is 421 g/mol. The van der Waals surface area contributed by atoms with Gasteiger partial charge in [0.1, 0.15) is 11.1 Å². The molecule has 8 heteroatoms. The van der Waals surface area contributed by atoms with Gasteiger partial charge in [0.15, 0.2) is 0 Å². The van der Waals surface area contributed by atoms with Crippen molar-refractivity contribution >= 4 is 33.5 Å². The molecule has 2 aromatic carbocycles. The molecule has 0 aliphatic carbocycles. The van der Waals surface area contributed by atoms with Crippen molar-refractivity contribution in [2.75, 3.05) is 11.5 Å². The van der Waals surface area contributed by atoms with Crippen LogP contribution < -0.4 is 11.5 Å². The third-order valence-corrected chi connectivity index (χ3v) is 6.93. The fourth-order valence-electron chi connectivity index (χ4n) is 2.59. The van der Waals surface area contributed by atoms with E-state index < -0.39 is 23.0 Å². The molecule has 0 aliphatic heterocycles. The predicted octanol–water partition coefficient (Wildman–Crippen LogP) is 2.42. The zero-order valence-corrected chi connectivity index (χ0v) is 16.9. The summed E-state index contributed by atoms with van der Waals surface area (Å²) in [6, 6.07) is 18.4. The van der Waals surface area contributed by atoms with Crippen molar-refractivity contribution in [1.82, 2.24) is 0 Å². The maximum absolute atomic E-state index is 11.7. The van der Waals surface area contributed by atoms with Gasteiger partial charge in [0.25, 0.3) is 0 Å². The Balaban J connectivity index is 1.95. The summed E-state index contributed by atoms with van der Waals surface area (Å²) in [5.74, 6) is -1.93. The van der Waals surface area contributed by atoms with Gasteiger partial charge < -0.3 is 21.7 Å². The first-order valence-corrected chi connectivity index (χ1v) is 11.1. The van der Waals surface area contributed by atoms with E-state index in [0.29, 0.717) is 0 Å². The first-order chi connectivity index (χ1) is 13.3. The van der Waals surface area contributed by atoms with E-state index >= 15 is 0 Å². The molecule has 0 saturated carbocycles. The van der Waals surface area contributed by atoms with E-state index in [1.54, 1.807) is 0 Å². The Morgan fingerprint density at radius 1 is 0.714 bits per heavy atom. The molecule has 0 radical (unpaired) electrons. The highest BCUT2D eigenvalue weighted by Gasteiger charge is 2.37. The third-order valence-electron chi connectivity index (χ3n) is 4.29. The predicted molar refractivity (Wildman–Crippen MR) is 114 cm³/mol. The van der Waals surface area contributed by atoms with Gasteiger partial charge in [0.05, 0.1) is 0 Å². The molecular formula is C20H24N2O4S2. The highest BCUT2D eigenvalue weighted by atomic mass is 33.1. The molecule has 0 heterocycles.